The van der Waals surface area contributed by atoms with E-state index in [1.807, 2.05) is 19.1 Å². The lowest BCUT2D eigenvalue weighted by atomic mass is 10.1. The molecule has 3 heteroatoms. The molecule has 0 aliphatic rings. The van der Waals surface area contributed by atoms with Gasteiger partial charge in [0, 0.05) is 24.4 Å². The molecular weight excluding hydrogens is 260 g/mol. The summed E-state index contributed by atoms with van der Waals surface area (Å²) < 4.78 is 5.27. The molecule has 1 aromatic heterocycles. The Bertz CT molecular complexity index is 379. The van der Waals surface area contributed by atoms with Gasteiger partial charge in [-0.1, -0.05) is 51.9 Å². The molecule has 0 fully saturated rings. The van der Waals surface area contributed by atoms with Gasteiger partial charge in [0.2, 0.25) is 0 Å². The van der Waals surface area contributed by atoms with E-state index in [-0.39, 0.29) is 0 Å². The predicted octanol–water partition coefficient (Wildman–Crippen LogP) is 4.63. The lowest BCUT2D eigenvalue weighted by Gasteiger charge is -2.07. The molecule has 0 atom stereocenters. The van der Waals surface area contributed by atoms with Crippen LogP contribution in [0.4, 0.5) is 0 Å². The highest BCUT2D eigenvalue weighted by atomic mass is 16.5. The van der Waals surface area contributed by atoms with Crippen LogP contribution in [-0.2, 0) is 6.54 Å². The molecule has 0 saturated carbocycles. The number of aryl methyl sites for hydroxylation is 1. The van der Waals surface area contributed by atoms with Crippen molar-refractivity contribution in [3.8, 4) is 5.75 Å². The first-order valence-corrected chi connectivity index (χ1v) is 8.48. The zero-order chi connectivity index (χ0) is 15.3. The third-order valence-electron chi connectivity index (χ3n) is 3.73. The number of hydrogen-bond acceptors (Lipinski definition) is 3. The topological polar surface area (TPSA) is 34.1 Å². The van der Waals surface area contributed by atoms with Crippen molar-refractivity contribution in [1.82, 2.24) is 10.3 Å². The molecule has 1 N–H and O–H groups in total. The highest BCUT2D eigenvalue weighted by molar-refractivity contribution is 5.26. The summed E-state index contributed by atoms with van der Waals surface area (Å²) in [5.41, 5.74) is 2.07. The summed E-state index contributed by atoms with van der Waals surface area (Å²) in [5, 5.41) is 3.47. The van der Waals surface area contributed by atoms with Crippen LogP contribution in [0.15, 0.2) is 12.1 Å². The summed E-state index contributed by atoms with van der Waals surface area (Å²) >= 11 is 0. The normalized spacial score (nSPS) is 10.8. The third-order valence-corrected chi connectivity index (χ3v) is 3.73. The van der Waals surface area contributed by atoms with Crippen LogP contribution in [-0.4, -0.2) is 18.6 Å². The van der Waals surface area contributed by atoms with E-state index in [9.17, 15) is 0 Å². The van der Waals surface area contributed by atoms with Gasteiger partial charge in [-0.2, -0.15) is 0 Å². The lowest BCUT2D eigenvalue weighted by Crippen LogP contribution is -2.15. The van der Waals surface area contributed by atoms with Crippen LogP contribution < -0.4 is 10.1 Å². The second kappa shape index (κ2) is 11.6. The van der Waals surface area contributed by atoms with Gasteiger partial charge in [0.25, 0.3) is 0 Å². The van der Waals surface area contributed by atoms with Gasteiger partial charge in [0.05, 0.1) is 12.8 Å². The number of aromatic nitrogens is 1. The Hall–Kier alpha value is -1.09. The van der Waals surface area contributed by atoms with Crippen molar-refractivity contribution in [3.05, 3.63) is 23.5 Å². The fraction of sp³-hybridized carbons (Fsp3) is 0.722. The van der Waals surface area contributed by atoms with Crippen molar-refractivity contribution in [1.29, 1.82) is 0 Å². The van der Waals surface area contributed by atoms with E-state index >= 15 is 0 Å². The first-order chi connectivity index (χ1) is 10.3. The Kier molecular flexibility index (Phi) is 9.88. The molecule has 0 aliphatic heterocycles. The van der Waals surface area contributed by atoms with Crippen molar-refractivity contribution >= 4 is 0 Å². The molecule has 0 amide bonds. The van der Waals surface area contributed by atoms with Crippen LogP contribution in [0.3, 0.4) is 0 Å². The third kappa shape index (κ3) is 8.71. The first-order valence-electron chi connectivity index (χ1n) is 8.48. The number of unbranched alkanes of at least 4 members (excludes halogenated alkanes) is 7. The van der Waals surface area contributed by atoms with Gasteiger partial charge in [-0.05, 0) is 19.9 Å². The summed E-state index contributed by atoms with van der Waals surface area (Å²) in [6.45, 7) is 6.18. The van der Waals surface area contributed by atoms with E-state index in [1.165, 1.54) is 51.4 Å². The van der Waals surface area contributed by atoms with Crippen LogP contribution in [0.2, 0.25) is 0 Å². The fourth-order valence-electron chi connectivity index (χ4n) is 2.51. The maximum atomic E-state index is 5.27. The van der Waals surface area contributed by atoms with Crippen LogP contribution >= 0.6 is 0 Å². The standard InChI is InChI=1S/C18H32N2O/c1-4-5-6-7-8-9-10-11-12-19-15-17-14-18(21-3)13-16(2)20-17/h13-14,19H,4-12,15H2,1-3H3. The number of pyridine rings is 1. The van der Waals surface area contributed by atoms with Gasteiger partial charge in [0.15, 0.2) is 0 Å². The minimum absolute atomic E-state index is 0.828. The molecule has 0 unspecified atom stereocenters. The Morgan fingerprint density at radius 3 is 2.33 bits per heavy atom. The summed E-state index contributed by atoms with van der Waals surface area (Å²) in [6, 6.07) is 3.97. The highest BCUT2D eigenvalue weighted by Gasteiger charge is 2.00. The SMILES string of the molecule is CCCCCCCCCCNCc1cc(OC)cc(C)n1. The van der Waals surface area contributed by atoms with Crippen molar-refractivity contribution in [2.75, 3.05) is 13.7 Å². The lowest BCUT2D eigenvalue weighted by molar-refractivity contribution is 0.412. The predicted molar refractivity (Wildman–Crippen MR) is 89.8 cm³/mol. The summed E-state index contributed by atoms with van der Waals surface area (Å²) in [7, 11) is 1.70. The van der Waals surface area contributed by atoms with Crippen LogP contribution in [0, 0.1) is 6.92 Å². The highest BCUT2D eigenvalue weighted by Crippen LogP contribution is 2.13. The van der Waals surface area contributed by atoms with Crippen molar-refractivity contribution in [2.24, 2.45) is 0 Å². The average molecular weight is 292 g/mol. The van der Waals surface area contributed by atoms with E-state index in [2.05, 4.69) is 17.2 Å². The summed E-state index contributed by atoms with van der Waals surface area (Å²) in [5.74, 6) is 0.895. The summed E-state index contributed by atoms with van der Waals surface area (Å²) in [4.78, 5) is 4.52. The van der Waals surface area contributed by atoms with Gasteiger partial charge in [-0.3, -0.25) is 4.98 Å². The second-order valence-electron chi connectivity index (χ2n) is 5.79. The molecule has 1 rings (SSSR count). The minimum Gasteiger partial charge on any atom is -0.497 e. The maximum Gasteiger partial charge on any atom is 0.122 e. The van der Waals surface area contributed by atoms with Crippen LogP contribution in [0.25, 0.3) is 0 Å². The number of rotatable bonds is 12. The molecule has 0 bridgehead atoms. The molecule has 0 aromatic carbocycles. The summed E-state index contributed by atoms with van der Waals surface area (Å²) in [6.07, 6.45) is 10.9. The molecule has 0 radical (unpaired) electrons. The van der Waals surface area contributed by atoms with Gasteiger partial charge in [-0.25, -0.2) is 0 Å². The van der Waals surface area contributed by atoms with E-state index in [1.54, 1.807) is 7.11 Å². The van der Waals surface area contributed by atoms with Crippen LogP contribution in [0.1, 0.15) is 69.7 Å². The molecule has 1 heterocycles. The Morgan fingerprint density at radius 1 is 1.00 bits per heavy atom. The van der Waals surface area contributed by atoms with Gasteiger partial charge in [-0.15, -0.1) is 0 Å². The first kappa shape index (κ1) is 18.0. The molecule has 1 aromatic rings. The van der Waals surface area contributed by atoms with Gasteiger partial charge in [0.1, 0.15) is 5.75 Å². The average Bonchev–Trinajstić information content (AvgIpc) is 2.48. The zero-order valence-electron chi connectivity index (χ0n) is 14.1. The van der Waals surface area contributed by atoms with Crippen LogP contribution in [0.5, 0.6) is 5.75 Å². The molecule has 0 saturated heterocycles. The largest absolute Gasteiger partial charge is 0.497 e. The Labute approximate surface area is 130 Å². The molecular formula is C18H32N2O. The van der Waals surface area contributed by atoms with E-state index in [4.69, 9.17) is 4.74 Å². The van der Waals surface area contributed by atoms with Gasteiger partial charge >= 0.3 is 0 Å². The number of methoxy groups -OCH3 is 1. The minimum atomic E-state index is 0.828. The molecule has 21 heavy (non-hydrogen) atoms. The van der Waals surface area contributed by atoms with Crippen molar-refractivity contribution in [2.45, 2.75) is 71.8 Å². The molecule has 0 spiro atoms. The zero-order valence-corrected chi connectivity index (χ0v) is 14.1. The molecule has 0 aliphatic carbocycles. The Balaban J connectivity index is 2.03. The van der Waals surface area contributed by atoms with Gasteiger partial charge < -0.3 is 10.1 Å². The number of ether oxygens (including phenoxy) is 1. The number of hydrogen-bond donors (Lipinski definition) is 1. The van der Waals surface area contributed by atoms with Crippen molar-refractivity contribution < 1.29 is 4.74 Å². The van der Waals surface area contributed by atoms with E-state index in [0.29, 0.717) is 0 Å². The maximum absolute atomic E-state index is 5.27. The second-order valence-corrected chi connectivity index (χ2v) is 5.79. The Morgan fingerprint density at radius 2 is 1.67 bits per heavy atom. The smallest absolute Gasteiger partial charge is 0.122 e. The van der Waals surface area contributed by atoms with E-state index < -0.39 is 0 Å². The quantitative estimate of drug-likeness (QED) is 0.570. The fourth-order valence-corrected chi connectivity index (χ4v) is 2.51. The molecule has 3 nitrogen and oxygen atoms in total. The number of nitrogens with zero attached hydrogens (tertiary/aromatic N) is 1. The van der Waals surface area contributed by atoms with Crippen molar-refractivity contribution in [3.63, 3.8) is 0 Å². The molecule has 120 valence electrons. The number of nitrogens with one attached hydrogen (secondary N) is 1. The van der Waals surface area contributed by atoms with E-state index in [0.717, 1.165) is 30.2 Å². The monoisotopic (exact) mass is 292 g/mol.